The summed E-state index contributed by atoms with van der Waals surface area (Å²) >= 11 is 1.52. The molecule has 0 aromatic carbocycles. The molecule has 68 valence electrons. The highest BCUT2D eigenvalue weighted by atomic mass is 32.1. The zero-order chi connectivity index (χ0) is 9.26. The van der Waals surface area contributed by atoms with Crippen molar-refractivity contribution in [1.29, 1.82) is 0 Å². The van der Waals surface area contributed by atoms with Gasteiger partial charge in [0.05, 0.1) is 12.0 Å². The predicted octanol–water partition coefficient (Wildman–Crippen LogP) is 2.12. The number of thiophene rings is 1. The van der Waals surface area contributed by atoms with Gasteiger partial charge in [-0.2, -0.15) is 4.98 Å². The number of nitrogens with zero attached hydrogens (tertiary/aromatic N) is 2. The van der Waals surface area contributed by atoms with E-state index >= 15 is 0 Å². The molecule has 0 aliphatic carbocycles. The first-order valence-corrected chi connectivity index (χ1v) is 4.61. The number of rotatable bonds is 2. The van der Waals surface area contributed by atoms with Gasteiger partial charge < -0.3 is 9.26 Å². The van der Waals surface area contributed by atoms with Crippen LogP contribution in [0.2, 0.25) is 0 Å². The Balaban J connectivity index is 2.35. The van der Waals surface area contributed by atoms with E-state index in [-0.39, 0.29) is 0 Å². The largest absolute Gasteiger partial charge is 0.496 e. The Morgan fingerprint density at radius 3 is 2.92 bits per heavy atom. The topological polar surface area (TPSA) is 48.2 Å². The van der Waals surface area contributed by atoms with E-state index in [4.69, 9.17) is 9.26 Å². The second-order valence-corrected chi connectivity index (χ2v) is 3.41. The second-order valence-electron chi connectivity index (χ2n) is 2.50. The zero-order valence-electron chi connectivity index (χ0n) is 7.27. The van der Waals surface area contributed by atoms with Gasteiger partial charge in [-0.05, 0) is 6.92 Å². The minimum atomic E-state index is 0.547. The molecule has 5 heteroatoms. The molecule has 0 bridgehead atoms. The minimum absolute atomic E-state index is 0.547. The van der Waals surface area contributed by atoms with Crippen molar-refractivity contribution in [2.45, 2.75) is 6.92 Å². The average Bonchev–Trinajstić information content (AvgIpc) is 2.71. The molecule has 0 aliphatic rings. The molecule has 0 atom stereocenters. The third-order valence-electron chi connectivity index (χ3n) is 1.55. The van der Waals surface area contributed by atoms with Crippen molar-refractivity contribution in [2.24, 2.45) is 0 Å². The molecule has 0 radical (unpaired) electrons. The Morgan fingerprint density at radius 2 is 2.38 bits per heavy atom. The fourth-order valence-electron chi connectivity index (χ4n) is 0.935. The quantitative estimate of drug-likeness (QED) is 0.738. The van der Waals surface area contributed by atoms with E-state index in [2.05, 4.69) is 10.1 Å². The predicted molar refractivity (Wildman–Crippen MR) is 48.9 cm³/mol. The van der Waals surface area contributed by atoms with Crippen LogP contribution in [-0.4, -0.2) is 17.3 Å². The lowest BCUT2D eigenvalue weighted by Gasteiger charge is -1.88. The normalized spacial score (nSPS) is 10.3. The lowest BCUT2D eigenvalue weighted by Crippen LogP contribution is -1.76. The first-order valence-electron chi connectivity index (χ1n) is 3.73. The van der Waals surface area contributed by atoms with Crippen LogP contribution in [0.3, 0.4) is 0 Å². The van der Waals surface area contributed by atoms with Crippen molar-refractivity contribution in [3.05, 3.63) is 17.3 Å². The first-order chi connectivity index (χ1) is 6.29. The van der Waals surface area contributed by atoms with Gasteiger partial charge in [0.1, 0.15) is 5.75 Å². The van der Waals surface area contributed by atoms with Crippen LogP contribution in [0, 0.1) is 6.92 Å². The molecule has 2 aromatic rings. The highest BCUT2D eigenvalue weighted by Crippen LogP contribution is 2.29. The molecule has 0 saturated heterocycles. The molecule has 2 rings (SSSR count). The Morgan fingerprint density at radius 1 is 1.54 bits per heavy atom. The highest BCUT2D eigenvalue weighted by molar-refractivity contribution is 7.13. The van der Waals surface area contributed by atoms with Crippen LogP contribution in [0.4, 0.5) is 0 Å². The Labute approximate surface area is 79.2 Å². The van der Waals surface area contributed by atoms with E-state index in [0.29, 0.717) is 11.7 Å². The summed E-state index contributed by atoms with van der Waals surface area (Å²) in [5, 5.41) is 5.61. The maximum absolute atomic E-state index is 5.04. The zero-order valence-corrected chi connectivity index (χ0v) is 8.09. The number of hydrogen-bond acceptors (Lipinski definition) is 5. The van der Waals surface area contributed by atoms with Gasteiger partial charge in [-0.25, -0.2) is 0 Å². The molecule has 13 heavy (non-hydrogen) atoms. The van der Waals surface area contributed by atoms with Crippen LogP contribution >= 0.6 is 11.3 Å². The summed E-state index contributed by atoms with van der Waals surface area (Å²) in [6, 6.07) is 1.87. The summed E-state index contributed by atoms with van der Waals surface area (Å²) < 4.78 is 10.0. The standard InChI is InChI=1S/C8H8N2O2S/c1-5-9-8(12-10-5)7-3-6(11-2)4-13-7/h3-4H,1-2H3. The van der Waals surface area contributed by atoms with Crippen LogP contribution in [0.15, 0.2) is 16.0 Å². The van der Waals surface area contributed by atoms with E-state index in [0.717, 1.165) is 10.6 Å². The number of hydrogen-bond donors (Lipinski definition) is 0. The SMILES string of the molecule is COc1csc(-c2nc(C)no2)c1. The maximum atomic E-state index is 5.04. The third kappa shape index (κ3) is 1.55. The average molecular weight is 196 g/mol. The van der Waals surface area contributed by atoms with Gasteiger partial charge in [0.2, 0.25) is 0 Å². The molecular weight excluding hydrogens is 188 g/mol. The van der Waals surface area contributed by atoms with Crippen molar-refractivity contribution in [3.63, 3.8) is 0 Å². The van der Waals surface area contributed by atoms with Gasteiger partial charge in [-0.1, -0.05) is 5.16 Å². The molecule has 0 saturated carbocycles. The van der Waals surface area contributed by atoms with E-state index in [1.807, 2.05) is 11.4 Å². The smallest absolute Gasteiger partial charge is 0.268 e. The number of ether oxygens (including phenoxy) is 1. The van der Waals surface area contributed by atoms with Crippen molar-refractivity contribution in [3.8, 4) is 16.5 Å². The van der Waals surface area contributed by atoms with Crippen LogP contribution in [0.5, 0.6) is 5.75 Å². The van der Waals surface area contributed by atoms with Crippen molar-refractivity contribution in [2.75, 3.05) is 7.11 Å². The Kier molecular flexibility index (Phi) is 2.02. The summed E-state index contributed by atoms with van der Waals surface area (Å²) in [7, 11) is 1.63. The third-order valence-corrected chi connectivity index (χ3v) is 2.45. The first kappa shape index (κ1) is 8.25. The summed E-state index contributed by atoms with van der Waals surface area (Å²) in [5.41, 5.74) is 0. The summed E-state index contributed by atoms with van der Waals surface area (Å²) in [4.78, 5) is 5.03. The monoisotopic (exact) mass is 196 g/mol. The van der Waals surface area contributed by atoms with Crippen molar-refractivity contribution in [1.82, 2.24) is 10.1 Å². The lowest BCUT2D eigenvalue weighted by atomic mass is 10.4. The van der Waals surface area contributed by atoms with Gasteiger partial charge in [-0.3, -0.25) is 0 Å². The van der Waals surface area contributed by atoms with Crippen LogP contribution in [0.25, 0.3) is 10.8 Å². The molecule has 4 nitrogen and oxygen atoms in total. The van der Waals surface area contributed by atoms with Crippen LogP contribution in [0.1, 0.15) is 5.82 Å². The van der Waals surface area contributed by atoms with Gasteiger partial charge in [0.15, 0.2) is 5.82 Å². The molecular formula is C8H8N2O2S. The van der Waals surface area contributed by atoms with Crippen molar-refractivity contribution < 1.29 is 9.26 Å². The van der Waals surface area contributed by atoms with E-state index < -0.39 is 0 Å². The fourth-order valence-corrected chi connectivity index (χ4v) is 1.71. The molecule has 0 fully saturated rings. The summed E-state index contributed by atoms with van der Waals surface area (Å²) in [6.45, 7) is 1.79. The molecule has 0 aliphatic heterocycles. The minimum Gasteiger partial charge on any atom is -0.496 e. The molecule has 0 N–H and O–H groups in total. The Hall–Kier alpha value is -1.36. The summed E-state index contributed by atoms with van der Waals surface area (Å²) in [5.74, 6) is 2.00. The van der Waals surface area contributed by atoms with Gasteiger partial charge >= 0.3 is 0 Å². The molecule has 2 heterocycles. The van der Waals surface area contributed by atoms with Crippen molar-refractivity contribution >= 4 is 11.3 Å². The van der Waals surface area contributed by atoms with E-state index in [1.54, 1.807) is 14.0 Å². The van der Waals surface area contributed by atoms with Gasteiger partial charge in [0.25, 0.3) is 5.89 Å². The highest BCUT2D eigenvalue weighted by Gasteiger charge is 2.08. The lowest BCUT2D eigenvalue weighted by molar-refractivity contribution is 0.415. The molecule has 0 amide bonds. The van der Waals surface area contributed by atoms with E-state index in [1.165, 1.54) is 11.3 Å². The van der Waals surface area contributed by atoms with Crippen LogP contribution < -0.4 is 4.74 Å². The number of aryl methyl sites for hydroxylation is 1. The number of aromatic nitrogens is 2. The molecule has 2 aromatic heterocycles. The summed E-state index contributed by atoms with van der Waals surface area (Å²) in [6.07, 6.45) is 0. The molecule has 0 unspecified atom stereocenters. The fraction of sp³-hybridized carbons (Fsp3) is 0.250. The maximum Gasteiger partial charge on any atom is 0.268 e. The van der Waals surface area contributed by atoms with E-state index in [9.17, 15) is 0 Å². The van der Waals surface area contributed by atoms with Gasteiger partial charge in [0, 0.05) is 11.4 Å². The second kappa shape index (κ2) is 3.18. The number of methoxy groups -OCH3 is 1. The van der Waals surface area contributed by atoms with Gasteiger partial charge in [-0.15, -0.1) is 11.3 Å². The molecule has 0 spiro atoms. The van der Waals surface area contributed by atoms with Crippen LogP contribution in [-0.2, 0) is 0 Å². The Bertz CT molecular complexity index is 408.